The highest BCUT2D eigenvalue weighted by Gasteiger charge is 2.49. The number of rotatable bonds is 0. The first-order chi connectivity index (χ1) is 6.49. The van der Waals surface area contributed by atoms with Gasteiger partial charge in [-0.1, -0.05) is 0 Å². The van der Waals surface area contributed by atoms with Gasteiger partial charge in [-0.15, -0.1) is 0 Å². The zero-order chi connectivity index (χ0) is 10.3. The molecule has 4 atom stereocenters. The molecule has 2 aliphatic rings. The van der Waals surface area contributed by atoms with Gasteiger partial charge in [-0.25, -0.2) is 0 Å². The minimum Gasteiger partial charge on any atom is -0.389 e. The first-order valence-electron chi connectivity index (χ1n) is 4.79. The molecule has 2 heterocycles. The van der Waals surface area contributed by atoms with Gasteiger partial charge in [-0.3, -0.25) is 0 Å². The van der Waals surface area contributed by atoms with Gasteiger partial charge in [0.25, 0.3) is 0 Å². The van der Waals surface area contributed by atoms with E-state index < -0.39 is 30.2 Å². The fourth-order valence-electron chi connectivity index (χ4n) is 1.91. The molecule has 82 valence electrons. The largest absolute Gasteiger partial charge is 0.389 e. The van der Waals surface area contributed by atoms with Crippen LogP contribution in [0.15, 0.2) is 0 Å². The van der Waals surface area contributed by atoms with Crippen LogP contribution in [0.3, 0.4) is 0 Å². The topological polar surface area (TPSA) is 58.9 Å². The molecule has 0 radical (unpaired) electrons. The molecule has 14 heavy (non-hydrogen) atoms. The van der Waals surface area contributed by atoms with E-state index in [9.17, 15) is 10.2 Å². The molecule has 0 bridgehead atoms. The molecule has 2 rings (SSSR count). The smallest absolute Gasteiger partial charge is 0.164 e. The summed E-state index contributed by atoms with van der Waals surface area (Å²) in [6.45, 7) is 3.60. The van der Waals surface area contributed by atoms with Crippen molar-refractivity contribution < 1.29 is 19.7 Å². The Hall–Kier alpha value is 0.190. The SMILES string of the molecule is CC1(C)O[C@H]2C(O)CSCC(O)[C@@H]2O1. The number of aliphatic hydroxyl groups is 2. The molecule has 0 amide bonds. The first kappa shape index (κ1) is 10.7. The lowest BCUT2D eigenvalue weighted by molar-refractivity contribution is -0.159. The monoisotopic (exact) mass is 220 g/mol. The fraction of sp³-hybridized carbons (Fsp3) is 1.00. The number of thioether (sulfide) groups is 1. The summed E-state index contributed by atoms with van der Waals surface area (Å²) in [7, 11) is 0. The third-order valence-electron chi connectivity index (χ3n) is 2.50. The molecule has 2 fully saturated rings. The highest BCUT2D eigenvalue weighted by Crippen LogP contribution is 2.35. The minimum absolute atomic E-state index is 0.394. The summed E-state index contributed by atoms with van der Waals surface area (Å²) in [5, 5.41) is 19.5. The molecule has 2 unspecified atom stereocenters. The summed E-state index contributed by atoms with van der Waals surface area (Å²) in [5.74, 6) is 0.495. The normalized spacial score (nSPS) is 47.1. The van der Waals surface area contributed by atoms with Crippen molar-refractivity contribution in [1.29, 1.82) is 0 Å². The van der Waals surface area contributed by atoms with Gasteiger partial charge in [0.05, 0.1) is 12.2 Å². The quantitative estimate of drug-likeness (QED) is 0.600. The lowest BCUT2D eigenvalue weighted by atomic mass is 10.1. The van der Waals surface area contributed by atoms with Crippen LogP contribution < -0.4 is 0 Å². The predicted molar refractivity (Wildman–Crippen MR) is 53.2 cm³/mol. The molecule has 0 saturated carbocycles. The Balaban J connectivity index is 2.16. The second-order valence-electron chi connectivity index (χ2n) is 4.24. The Bertz CT molecular complexity index is 201. The molecule has 2 saturated heterocycles. The Morgan fingerprint density at radius 2 is 1.50 bits per heavy atom. The Morgan fingerprint density at radius 3 is 1.93 bits per heavy atom. The van der Waals surface area contributed by atoms with Crippen LogP contribution in [0.4, 0.5) is 0 Å². The van der Waals surface area contributed by atoms with E-state index in [4.69, 9.17) is 9.47 Å². The zero-order valence-corrected chi connectivity index (χ0v) is 9.16. The van der Waals surface area contributed by atoms with Gasteiger partial charge in [0.15, 0.2) is 5.79 Å². The van der Waals surface area contributed by atoms with Gasteiger partial charge < -0.3 is 19.7 Å². The number of ether oxygens (including phenoxy) is 2. The van der Waals surface area contributed by atoms with Crippen LogP contribution in [-0.2, 0) is 9.47 Å². The van der Waals surface area contributed by atoms with E-state index in [1.165, 1.54) is 11.8 Å². The van der Waals surface area contributed by atoms with E-state index in [0.29, 0.717) is 11.5 Å². The van der Waals surface area contributed by atoms with E-state index in [1.54, 1.807) is 13.8 Å². The van der Waals surface area contributed by atoms with Crippen molar-refractivity contribution in [1.82, 2.24) is 0 Å². The molecule has 0 aromatic heterocycles. The molecule has 0 spiro atoms. The number of hydrogen-bond donors (Lipinski definition) is 2. The Labute approximate surface area is 87.6 Å². The Morgan fingerprint density at radius 1 is 1.07 bits per heavy atom. The Kier molecular flexibility index (Phi) is 2.79. The highest BCUT2D eigenvalue weighted by molar-refractivity contribution is 7.99. The summed E-state index contributed by atoms with van der Waals surface area (Å²) in [5.41, 5.74) is 0. The molecule has 2 N–H and O–H groups in total. The van der Waals surface area contributed by atoms with Gasteiger partial charge in [0.1, 0.15) is 12.2 Å². The second kappa shape index (κ2) is 3.64. The van der Waals surface area contributed by atoms with E-state index in [0.717, 1.165) is 0 Å². The molecular weight excluding hydrogens is 204 g/mol. The molecule has 4 nitrogen and oxygen atoms in total. The lowest BCUT2D eigenvalue weighted by Crippen LogP contribution is -2.41. The molecule has 0 aromatic carbocycles. The summed E-state index contributed by atoms with van der Waals surface area (Å²) in [6, 6.07) is 0. The van der Waals surface area contributed by atoms with Crippen molar-refractivity contribution >= 4 is 11.8 Å². The maximum Gasteiger partial charge on any atom is 0.164 e. The molecule has 5 heteroatoms. The van der Waals surface area contributed by atoms with E-state index >= 15 is 0 Å². The standard InChI is InChI=1S/C9H16O4S/c1-9(2)12-7-5(10)3-14-4-6(11)8(7)13-9/h5-8,10-11H,3-4H2,1-2H3/t5?,6?,7-,8-/m0/s1. The summed E-state index contributed by atoms with van der Waals surface area (Å²) in [4.78, 5) is 0. The van der Waals surface area contributed by atoms with E-state index in [2.05, 4.69) is 0 Å². The van der Waals surface area contributed by atoms with Crippen molar-refractivity contribution in [3.8, 4) is 0 Å². The van der Waals surface area contributed by atoms with Crippen molar-refractivity contribution in [2.24, 2.45) is 0 Å². The first-order valence-corrected chi connectivity index (χ1v) is 5.94. The van der Waals surface area contributed by atoms with E-state index in [1.807, 2.05) is 0 Å². The van der Waals surface area contributed by atoms with Crippen molar-refractivity contribution in [3.63, 3.8) is 0 Å². The average molecular weight is 220 g/mol. The van der Waals surface area contributed by atoms with Crippen LogP contribution in [0, 0.1) is 0 Å². The lowest BCUT2D eigenvalue weighted by Gasteiger charge is -2.20. The number of aliphatic hydroxyl groups excluding tert-OH is 2. The number of hydrogen-bond acceptors (Lipinski definition) is 5. The van der Waals surface area contributed by atoms with Crippen LogP contribution in [0.25, 0.3) is 0 Å². The van der Waals surface area contributed by atoms with Gasteiger partial charge in [0, 0.05) is 11.5 Å². The van der Waals surface area contributed by atoms with E-state index in [-0.39, 0.29) is 0 Å². The maximum absolute atomic E-state index is 9.77. The summed E-state index contributed by atoms with van der Waals surface area (Å²) in [6.07, 6.45) is -1.89. The van der Waals surface area contributed by atoms with Gasteiger partial charge in [-0.05, 0) is 13.8 Å². The van der Waals surface area contributed by atoms with Crippen molar-refractivity contribution in [2.45, 2.75) is 44.1 Å². The number of fused-ring (bicyclic) bond motifs is 1. The van der Waals surface area contributed by atoms with Crippen LogP contribution >= 0.6 is 11.8 Å². The second-order valence-corrected chi connectivity index (χ2v) is 5.31. The summed E-state index contributed by atoms with van der Waals surface area (Å²) >= 11 is 1.53. The molecule has 2 aliphatic heterocycles. The molecule has 0 aromatic rings. The summed E-state index contributed by atoms with van der Waals surface area (Å²) < 4.78 is 11.1. The maximum atomic E-state index is 9.77. The van der Waals surface area contributed by atoms with Crippen molar-refractivity contribution in [3.05, 3.63) is 0 Å². The third kappa shape index (κ3) is 1.92. The van der Waals surface area contributed by atoms with Gasteiger partial charge in [-0.2, -0.15) is 11.8 Å². The molecular formula is C9H16O4S. The highest BCUT2D eigenvalue weighted by atomic mass is 32.2. The third-order valence-corrected chi connectivity index (χ3v) is 3.65. The zero-order valence-electron chi connectivity index (χ0n) is 8.34. The molecule has 0 aliphatic carbocycles. The van der Waals surface area contributed by atoms with Gasteiger partial charge >= 0.3 is 0 Å². The van der Waals surface area contributed by atoms with Gasteiger partial charge in [0.2, 0.25) is 0 Å². The van der Waals surface area contributed by atoms with Crippen LogP contribution in [-0.4, -0.2) is 51.9 Å². The van der Waals surface area contributed by atoms with Crippen LogP contribution in [0.1, 0.15) is 13.8 Å². The predicted octanol–water partition coefficient (Wildman–Crippen LogP) is -0.0249. The van der Waals surface area contributed by atoms with Crippen molar-refractivity contribution in [2.75, 3.05) is 11.5 Å². The van der Waals surface area contributed by atoms with Crippen LogP contribution in [0.2, 0.25) is 0 Å². The fourth-order valence-corrected chi connectivity index (χ4v) is 2.91. The average Bonchev–Trinajstić information content (AvgIpc) is 2.35. The van der Waals surface area contributed by atoms with Crippen LogP contribution in [0.5, 0.6) is 0 Å². The minimum atomic E-state index is -0.695.